The summed E-state index contributed by atoms with van der Waals surface area (Å²) in [5.74, 6) is 0. The van der Waals surface area contributed by atoms with Gasteiger partial charge in [-0.05, 0) is 36.8 Å². The van der Waals surface area contributed by atoms with Crippen molar-refractivity contribution in [1.29, 1.82) is 0 Å². The van der Waals surface area contributed by atoms with Gasteiger partial charge in [0.2, 0.25) is 0 Å². The summed E-state index contributed by atoms with van der Waals surface area (Å²) in [5.41, 5.74) is 2.93. The molecule has 0 saturated heterocycles. The van der Waals surface area contributed by atoms with Crippen LogP contribution >= 0.6 is 11.3 Å². The molecule has 2 amide bonds. The minimum Gasteiger partial charge on any atom is -0.331 e. The highest BCUT2D eigenvalue weighted by molar-refractivity contribution is 7.18. The van der Waals surface area contributed by atoms with Crippen LogP contribution in [0.1, 0.15) is 23.5 Å². The standard InChI is InChI=1S/C20H20N6OS/c1-14(15-7-9-16(10-8-15)26-13-21-12-23-26)25(2)20(27)22-11-19-24-17-5-3-4-6-18(17)28-19/h3-10,12-14H,11H2,1-2H3,(H,22,27)/t14-/m1/s1. The number of amides is 2. The molecule has 2 aromatic carbocycles. The SMILES string of the molecule is C[C@H](c1ccc(-n2cncn2)cc1)N(C)C(=O)NCc1nc2ccccc2s1. The first-order chi connectivity index (χ1) is 13.6. The second kappa shape index (κ2) is 7.77. The van der Waals surface area contributed by atoms with E-state index in [0.29, 0.717) is 6.54 Å². The van der Waals surface area contributed by atoms with Gasteiger partial charge in [0.25, 0.3) is 0 Å². The van der Waals surface area contributed by atoms with Crippen LogP contribution in [-0.2, 0) is 6.54 Å². The van der Waals surface area contributed by atoms with Gasteiger partial charge in [-0.3, -0.25) is 0 Å². The van der Waals surface area contributed by atoms with E-state index in [4.69, 9.17) is 0 Å². The number of urea groups is 1. The molecule has 2 aromatic heterocycles. The zero-order valence-electron chi connectivity index (χ0n) is 15.6. The van der Waals surface area contributed by atoms with E-state index >= 15 is 0 Å². The minimum atomic E-state index is -0.132. The lowest BCUT2D eigenvalue weighted by Gasteiger charge is -2.25. The molecule has 28 heavy (non-hydrogen) atoms. The highest BCUT2D eigenvalue weighted by Crippen LogP contribution is 2.22. The molecule has 2 heterocycles. The van der Waals surface area contributed by atoms with Gasteiger partial charge in [0.05, 0.1) is 28.5 Å². The highest BCUT2D eigenvalue weighted by atomic mass is 32.1. The number of para-hydroxylation sites is 1. The van der Waals surface area contributed by atoms with Crippen molar-refractivity contribution >= 4 is 27.6 Å². The zero-order chi connectivity index (χ0) is 19.5. The average molecular weight is 392 g/mol. The number of fused-ring (bicyclic) bond motifs is 1. The number of hydrogen-bond donors (Lipinski definition) is 1. The van der Waals surface area contributed by atoms with Crippen LogP contribution < -0.4 is 5.32 Å². The van der Waals surface area contributed by atoms with E-state index in [0.717, 1.165) is 26.5 Å². The van der Waals surface area contributed by atoms with Crippen LogP contribution in [0.25, 0.3) is 15.9 Å². The first kappa shape index (κ1) is 18.1. The first-order valence-electron chi connectivity index (χ1n) is 8.92. The van der Waals surface area contributed by atoms with E-state index in [-0.39, 0.29) is 12.1 Å². The molecule has 4 aromatic rings. The van der Waals surface area contributed by atoms with Crippen LogP contribution in [0, 0.1) is 0 Å². The van der Waals surface area contributed by atoms with E-state index in [9.17, 15) is 4.79 Å². The van der Waals surface area contributed by atoms with Crippen LogP contribution in [-0.4, -0.2) is 37.7 Å². The molecule has 0 aliphatic carbocycles. The summed E-state index contributed by atoms with van der Waals surface area (Å²) in [5, 5.41) is 7.97. The zero-order valence-corrected chi connectivity index (χ0v) is 16.4. The van der Waals surface area contributed by atoms with Gasteiger partial charge in [-0.2, -0.15) is 5.10 Å². The van der Waals surface area contributed by atoms with Crippen LogP contribution in [0.3, 0.4) is 0 Å². The Hall–Kier alpha value is -3.26. The van der Waals surface area contributed by atoms with Gasteiger partial charge in [0.15, 0.2) is 0 Å². The Morgan fingerprint density at radius 1 is 1.21 bits per heavy atom. The Labute approximate surface area is 166 Å². The molecular formula is C20H20N6OS. The van der Waals surface area contributed by atoms with Crippen molar-refractivity contribution in [1.82, 2.24) is 30.0 Å². The molecule has 0 aliphatic heterocycles. The molecule has 0 aliphatic rings. The molecular weight excluding hydrogens is 372 g/mol. The maximum absolute atomic E-state index is 12.6. The molecule has 0 radical (unpaired) electrons. The van der Waals surface area contributed by atoms with Crippen LogP contribution in [0.5, 0.6) is 0 Å². The van der Waals surface area contributed by atoms with Crippen molar-refractivity contribution in [3.63, 3.8) is 0 Å². The number of carbonyl (C=O) groups is 1. The predicted octanol–water partition coefficient (Wildman–Crippen LogP) is 3.78. The highest BCUT2D eigenvalue weighted by Gasteiger charge is 2.17. The summed E-state index contributed by atoms with van der Waals surface area (Å²) in [6.07, 6.45) is 3.15. The molecule has 0 unspecified atom stereocenters. The third-order valence-electron chi connectivity index (χ3n) is 4.69. The maximum atomic E-state index is 12.6. The minimum absolute atomic E-state index is 0.0693. The Morgan fingerprint density at radius 3 is 2.71 bits per heavy atom. The largest absolute Gasteiger partial charge is 0.331 e. The lowest BCUT2D eigenvalue weighted by atomic mass is 10.1. The van der Waals surface area contributed by atoms with Gasteiger partial charge in [0, 0.05) is 7.05 Å². The molecule has 0 bridgehead atoms. The fraction of sp³-hybridized carbons (Fsp3) is 0.200. The number of aromatic nitrogens is 4. The van der Waals surface area contributed by atoms with E-state index in [1.165, 1.54) is 6.33 Å². The van der Waals surface area contributed by atoms with E-state index in [2.05, 4.69) is 20.4 Å². The van der Waals surface area contributed by atoms with Crippen LogP contribution in [0.2, 0.25) is 0 Å². The van der Waals surface area contributed by atoms with Gasteiger partial charge in [-0.1, -0.05) is 24.3 Å². The van der Waals surface area contributed by atoms with Crippen molar-refractivity contribution in [2.24, 2.45) is 0 Å². The summed E-state index contributed by atoms with van der Waals surface area (Å²) >= 11 is 1.60. The molecule has 4 rings (SSSR count). The molecule has 0 fully saturated rings. The average Bonchev–Trinajstić information content (AvgIpc) is 3.40. The van der Waals surface area contributed by atoms with Crippen molar-refractivity contribution in [3.05, 3.63) is 71.8 Å². The summed E-state index contributed by atoms with van der Waals surface area (Å²) in [6, 6.07) is 15.7. The van der Waals surface area contributed by atoms with E-state index < -0.39 is 0 Å². The topological polar surface area (TPSA) is 75.9 Å². The van der Waals surface area contributed by atoms with Gasteiger partial charge < -0.3 is 10.2 Å². The van der Waals surface area contributed by atoms with Crippen molar-refractivity contribution in [3.8, 4) is 5.69 Å². The normalized spacial score (nSPS) is 12.1. The number of nitrogens with zero attached hydrogens (tertiary/aromatic N) is 5. The van der Waals surface area contributed by atoms with Gasteiger partial charge >= 0.3 is 6.03 Å². The molecule has 0 saturated carbocycles. The number of rotatable bonds is 5. The van der Waals surface area contributed by atoms with Gasteiger partial charge in [-0.25, -0.2) is 19.4 Å². The predicted molar refractivity (Wildman–Crippen MR) is 109 cm³/mol. The molecule has 1 atom stereocenters. The van der Waals surface area contributed by atoms with Gasteiger partial charge in [0.1, 0.15) is 17.7 Å². The van der Waals surface area contributed by atoms with E-state index in [1.54, 1.807) is 34.3 Å². The monoisotopic (exact) mass is 392 g/mol. The summed E-state index contributed by atoms with van der Waals surface area (Å²) in [7, 11) is 1.80. The lowest BCUT2D eigenvalue weighted by Crippen LogP contribution is -2.38. The maximum Gasteiger partial charge on any atom is 0.317 e. The fourth-order valence-corrected chi connectivity index (χ4v) is 3.83. The second-order valence-electron chi connectivity index (χ2n) is 6.45. The smallest absolute Gasteiger partial charge is 0.317 e. The molecule has 8 heteroatoms. The molecule has 7 nitrogen and oxygen atoms in total. The third kappa shape index (κ3) is 3.72. The van der Waals surface area contributed by atoms with Crippen molar-refractivity contribution in [2.45, 2.75) is 19.5 Å². The number of benzene rings is 2. The Morgan fingerprint density at radius 2 is 2.00 bits per heavy atom. The van der Waals surface area contributed by atoms with Crippen molar-refractivity contribution < 1.29 is 4.79 Å². The molecule has 0 spiro atoms. The number of carbonyl (C=O) groups excluding carboxylic acids is 1. The second-order valence-corrected chi connectivity index (χ2v) is 7.57. The quantitative estimate of drug-likeness (QED) is 0.561. The Kier molecular flexibility index (Phi) is 5.03. The Balaban J connectivity index is 1.38. The summed E-state index contributed by atoms with van der Waals surface area (Å²) in [4.78, 5) is 22.8. The number of thiazole rings is 1. The first-order valence-corrected chi connectivity index (χ1v) is 9.73. The van der Waals surface area contributed by atoms with E-state index in [1.807, 2.05) is 55.5 Å². The summed E-state index contributed by atoms with van der Waals surface area (Å²) < 4.78 is 2.82. The summed E-state index contributed by atoms with van der Waals surface area (Å²) in [6.45, 7) is 2.42. The lowest BCUT2D eigenvalue weighted by molar-refractivity contribution is 0.194. The van der Waals surface area contributed by atoms with Gasteiger partial charge in [-0.15, -0.1) is 11.3 Å². The van der Waals surface area contributed by atoms with Crippen LogP contribution in [0.15, 0.2) is 61.2 Å². The fourth-order valence-electron chi connectivity index (χ4n) is 2.92. The number of nitrogens with one attached hydrogen (secondary N) is 1. The third-order valence-corrected chi connectivity index (χ3v) is 5.73. The van der Waals surface area contributed by atoms with Crippen LogP contribution in [0.4, 0.5) is 4.79 Å². The molecule has 1 N–H and O–H groups in total. The number of hydrogen-bond acceptors (Lipinski definition) is 5. The Bertz CT molecular complexity index is 1040. The van der Waals surface area contributed by atoms with Crippen molar-refractivity contribution in [2.75, 3.05) is 7.05 Å². The molecule has 142 valence electrons.